The average molecular weight is 199 g/mol. The Kier molecular flexibility index (Phi) is 3.85. The minimum Gasteiger partial charge on any atom is -0.496 e. The maximum Gasteiger partial charge on any atom is 0.130 e. The summed E-state index contributed by atoms with van der Waals surface area (Å²) in [4.78, 5) is 4.50. The van der Waals surface area contributed by atoms with E-state index in [1.54, 1.807) is 18.2 Å². The van der Waals surface area contributed by atoms with Crippen LogP contribution in [0, 0.1) is 0 Å². The molecule has 4 heteroatoms. The number of para-hydroxylation sites is 1. The van der Waals surface area contributed by atoms with Crippen LogP contribution in [0.5, 0.6) is 5.75 Å². The van der Waals surface area contributed by atoms with E-state index in [-0.39, 0.29) is 6.61 Å². The van der Waals surface area contributed by atoms with Crippen molar-refractivity contribution in [2.24, 2.45) is 5.90 Å². The molecule has 0 amide bonds. The van der Waals surface area contributed by atoms with Gasteiger partial charge in [0.1, 0.15) is 11.9 Å². The normalized spacial score (nSPS) is 12.6. The Morgan fingerprint density at radius 2 is 2.21 bits per heavy atom. The van der Waals surface area contributed by atoms with Crippen LogP contribution >= 0.6 is 0 Å². The monoisotopic (exact) mass is 199 g/mol. The molecule has 0 saturated carbocycles. The van der Waals surface area contributed by atoms with Gasteiger partial charge in [-0.05, 0) is 6.92 Å². The van der Waals surface area contributed by atoms with Gasteiger partial charge in [-0.25, -0.2) is 10.3 Å². The van der Waals surface area contributed by atoms with E-state index < -0.39 is 6.17 Å². The van der Waals surface area contributed by atoms with Crippen molar-refractivity contribution >= 4 is 0 Å². The van der Waals surface area contributed by atoms with Gasteiger partial charge in [-0.2, -0.15) is 0 Å². The minimum atomic E-state index is -1.07. The molecule has 2 N–H and O–H groups in total. The molecule has 0 aliphatic carbocycles. The van der Waals surface area contributed by atoms with Gasteiger partial charge in [-0.1, -0.05) is 18.2 Å². The largest absolute Gasteiger partial charge is 0.496 e. The lowest BCUT2D eigenvalue weighted by Crippen LogP contribution is -2.03. The summed E-state index contributed by atoms with van der Waals surface area (Å²) >= 11 is 0. The topological polar surface area (TPSA) is 44.5 Å². The Bertz CT molecular complexity index is 302. The molecule has 0 spiro atoms. The van der Waals surface area contributed by atoms with Gasteiger partial charge < -0.3 is 4.74 Å². The maximum atomic E-state index is 13.1. The van der Waals surface area contributed by atoms with Crippen LogP contribution in [0.2, 0.25) is 0 Å². The van der Waals surface area contributed by atoms with E-state index in [1.807, 2.05) is 0 Å². The summed E-state index contributed by atoms with van der Waals surface area (Å²) in [6, 6.07) is 5.23. The second-order valence-corrected chi connectivity index (χ2v) is 2.97. The highest BCUT2D eigenvalue weighted by Crippen LogP contribution is 2.30. The molecule has 0 radical (unpaired) electrons. The van der Waals surface area contributed by atoms with E-state index >= 15 is 0 Å². The number of nitrogens with two attached hydrogens (primary N) is 1. The second-order valence-electron chi connectivity index (χ2n) is 2.97. The van der Waals surface area contributed by atoms with Crippen molar-refractivity contribution in [3.05, 3.63) is 29.3 Å². The molecule has 1 unspecified atom stereocenters. The average Bonchev–Trinajstić information content (AvgIpc) is 2.18. The van der Waals surface area contributed by atoms with Gasteiger partial charge >= 0.3 is 0 Å². The number of benzene rings is 1. The van der Waals surface area contributed by atoms with Gasteiger partial charge in [-0.3, -0.25) is 4.84 Å². The molecule has 0 aliphatic heterocycles. The Labute approximate surface area is 82.6 Å². The highest BCUT2D eigenvalue weighted by Gasteiger charge is 2.13. The Hall–Kier alpha value is -1.13. The first-order chi connectivity index (χ1) is 6.70. The van der Waals surface area contributed by atoms with Crippen molar-refractivity contribution in [1.29, 1.82) is 0 Å². The lowest BCUT2D eigenvalue weighted by Gasteiger charge is -2.13. The molecule has 0 saturated heterocycles. The number of ether oxygens (including phenoxy) is 1. The first-order valence-corrected chi connectivity index (χ1v) is 4.32. The molecule has 0 aromatic heterocycles. The fourth-order valence-corrected chi connectivity index (χ4v) is 1.37. The first kappa shape index (κ1) is 10.9. The van der Waals surface area contributed by atoms with Gasteiger partial charge in [0.25, 0.3) is 0 Å². The van der Waals surface area contributed by atoms with Gasteiger partial charge in [0, 0.05) is 11.1 Å². The highest BCUT2D eigenvalue weighted by molar-refractivity contribution is 5.42. The smallest absolute Gasteiger partial charge is 0.130 e. The van der Waals surface area contributed by atoms with Crippen molar-refractivity contribution < 1.29 is 14.0 Å². The fourth-order valence-electron chi connectivity index (χ4n) is 1.37. The highest BCUT2D eigenvalue weighted by atomic mass is 19.1. The summed E-state index contributed by atoms with van der Waals surface area (Å²) in [6.07, 6.45) is -1.07. The third-order valence-electron chi connectivity index (χ3n) is 2.00. The van der Waals surface area contributed by atoms with E-state index in [9.17, 15) is 4.39 Å². The lowest BCUT2D eigenvalue weighted by atomic mass is 10.1. The minimum absolute atomic E-state index is 0.212. The zero-order valence-corrected chi connectivity index (χ0v) is 8.29. The predicted octanol–water partition coefficient (Wildman–Crippen LogP) is 2.12. The van der Waals surface area contributed by atoms with Gasteiger partial charge in [0.15, 0.2) is 0 Å². The van der Waals surface area contributed by atoms with E-state index in [4.69, 9.17) is 10.6 Å². The molecule has 0 heterocycles. The van der Waals surface area contributed by atoms with Crippen molar-refractivity contribution in [1.82, 2.24) is 0 Å². The van der Waals surface area contributed by atoms with Crippen molar-refractivity contribution in [2.45, 2.75) is 19.7 Å². The molecule has 1 rings (SSSR count). The molecule has 78 valence electrons. The summed E-state index contributed by atoms with van der Waals surface area (Å²) in [6.45, 7) is 1.68. The number of alkyl halides is 1. The quantitative estimate of drug-likeness (QED) is 0.755. The molecular formula is C10H14FNO2. The fraction of sp³-hybridized carbons (Fsp3) is 0.400. The number of hydrogen-bond donors (Lipinski definition) is 1. The summed E-state index contributed by atoms with van der Waals surface area (Å²) in [5.41, 5.74) is 1.26. The molecule has 1 atom stereocenters. The van der Waals surface area contributed by atoms with Crippen molar-refractivity contribution in [3.63, 3.8) is 0 Å². The van der Waals surface area contributed by atoms with Gasteiger partial charge in [-0.15, -0.1) is 0 Å². The SMILES string of the molecule is COc1c(CON)cccc1C(C)F. The number of methoxy groups -OCH3 is 1. The summed E-state index contributed by atoms with van der Waals surface area (Å²) in [5.74, 6) is 5.47. The van der Waals surface area contributed by atoms with Crippen LogP contribution in [0.15, 0.2) is 18.2 Å². The Balaban J connectivity index is 3.11. The zero-order valence-electron chi connectivity index (χ0n) is 8.29. The number of rotatable bonds is 4. The van der Waals surface area contributed by atoms with Crippen molar-refractivity contribution in [3.8, 4) is 5.75 Å². The molecule has 0 fully saturated rings. The van der Waals surface area contributed by atoms with E-state index in [1.165, 1.54) is 14.0 Å². The Morgan fingerprint density at radius 3 is 2.71 bits per heavy atom. The van der Waals surface area contributed by atoms with Crippen LogP contribution in [0.25, 0.3) is 0 Å². The number of halogens is 1. The second kappa shape index (κ2) is 4.93. The first-order valence-electron chi connectivity index (χ1n) is 4.32. The molecule has 0 bridgehead atoms. The van der Waals surface area contributed by atoms with Crippen LogP contribution in [-0.4, -0.2) is 7.11 Å². The third kappa shape index (κ3) is 2.21. The standard InChI is InChI=1S/C10H14FNO2/c1-7(11)9-5-3-4-8(6-14-12)10(9)13-2/h3-5,7H,6,12H2,1-2H3. The van der Waals surface area contributed by atoms with E-state index in [0.29, 0.717) is 11.3 Å². The third-order valence-corrected chi connectivity index (χ3v) is 2.00. The number of hydrogen-bond acceptors (Lipinski definition) is 3. The molecular weight excluding hydrogens is 185 g/mol. The van der Waals surface area contributed by atoms with Crippen LogP contribution < -0.4 is 10.6 Å². The van der Waals surface area contributed by atoms with Gasteiger partial charge in [0.05, 0.1) is 13.7 Å². The lowest BCUT2D eigenvalue weighted by molar-refractivity contribution is 0.121. The molecule has 1 aromatic carbocycles. The molecule has 3 nitrogen and oxygen atoms in total. The van der Waals surface area contributed by atoms with Crippen LogP contribution in [0.3, 0.4) is 0 Å². The summed E-state index contributed by atoms with van der Waals surface area (Å²) in [7, 11) is 1.50. The van der Waals surface area contributed by atoms with Crippen LogP contribution in [0.1, 0.15) is 24.2 Å². The summed E-state index contributed by atoms with van der Waals surface area (Å²) in [5, 5.41) is 0. The van der Waals surface area contributed by atoms with Crippen molar-refractivity contribution in [2.75, 3.05) is 7.11 Å². The van der Waals surface area contributed by atoms with Crippen LogP contribution in [0.4, 0.5) is 4.39 Å². The molecule has 0 aliphatic rings. The van der Waals surface area contributed by atoms with E-state index in [0.717, 1.165) is 5.56 Å². The zero-order chi connectivity index (χ0) is 10.6. The molecule has 14 heavy (non-hydrogen) atoms. The van der Waals surface area contributed by atoms with Crippen LogP contribution in [-0.2, 0) is 11.4 Å². The molecule has 1 aromatic rings. The predicted molar refractivity (Wildman–Crippen MR) is 51.5 cm³/mol. The Morgan fingerprint density at radius 1 is 1.50 bits per heavy atom. The maximum absolute atomic E-state index is 13.1. The van der Waals surface area contributed by atoms with Gasteiger partial charge in [0.2, 0.25) is 0 Å². The summed E-state index contributed by atoms with van der Waals surface area (Å²) < 4.78 is 18.3. The van der Waals surface area contributed by atoms with E-state index in [2.05, 4.69) is 4.84 Å².